The molecule has 0 radical (unpaired) electrons. The molecular weight excluding hydrogens is 440 g/mol. The van der Waals surface area contributed by atoms with Gasteiger partial charge in [-0.1, -0.05) is 59.8 Å². The fourth-order valence-electron chi connectivity index (χ4n) is 3.19. The highest BCUT2D eigenvalue weighted by molar-refractivity contribution is 8.00. The van der Waals surface area contributed by atoms with Crippen LogP contribution < -0.4 is 10.1 Å². The summed E-state index contributed by atoms with van der Waals surface area (Å²) in [5, 5.41) is 14.2. The minimum Gasteiger partial charge on any atom is -0.495 e. The molecule has 0 saturated carbocycles. The number of ether oxygens (including phenoxy) is 1. The standard InChI is InChI=1S/C24H24N4O2S2/c1-16-10-12-18(13-11-16)15-25-23(29)17(2)32-24-27-26-22(21-9-6-14-31-21)28(24)19-7-4-5-8-20(19)30-3/h4-14,17H,15H2,1-3H3,(H,25,29). The van der Waals surface area contributed by atoms with Crippen molar-refractivity contribution < 1.29 is 9.53 Å². The van der Waals surface area contributed by atoms with Gasteiger partial charge in [-0.05, 0) is 43.0 Å². The van der Waals surface area contributed by atoms with Gasteiger partial charge in [-0.15, -0.1) is 21.5 Å². The fourth-order valence-corrected chi connectivity index (χ4v) is 4.78. The number of thioether (sulfide) groups is 1. The molecule has 0 aliphatic rings. The number of para-hydroxylation sites is 2. The number of carbonyl (C=O) groups is 1. The summed E-state index contributed by atoms with van der Waals surface area (Å²) in [6.07, 6.45) is 0. The van der Waals surface area contributed by atoms with E-state index in [-0.39, 0.29) is 11.2 Å². The molecule has 4 aromatic rings. The summed E-state index contributed by atoms with van der Waals surface area (Å²) in [4.78, 5) is 13.8. The average molecular weight is 465 g/mol. The third-order valence-electron chi connectivity index (χ3n) is 4.94. The summed E-state index contributed by atoms with van der Waals surface area (Å²) in [7, 11) is 1.64. The van der Waals surface area contributed by atoms with Crippen LogP contribution in [-0.2, 0) is 11.3 Å². The molecule has 0 aliphatic carbocycles. The molecule has 2 aromatic carbocycles. The van der Waals surface area contributed by atoms with E-state index in [2.05, 4.69) is 15.5 Å². The second-order valence-electron chi connectivity index (χ2n) is 7.25. The second-order valence-corrected chi connectivity index (χ2v) is 9.51. The minimum atomic E-state index is -0.353. The van der Waals surface area contributed by atoms with Crippen molar-refractivity contribution in [2.45, 2.75) is 30.8 Å². The number of rotatable bonds is 8. The highest BCUT2D eigenvalue weighted by Crippen LogP contribution is 2.35. The fraction of sp³-hybridized carbons (Fsp3) is 0.208. The number of nitrogens with zero attached hydrogens (tertiary/aromatic N) is 3. The summed E-state index contributed by atoms with van der Waals surface area (Å²) < 4.78 is 7.54. The van der Waals surface area contributed by atoms with E-state index in [1.165, 1.54) is 17.3 Å². The van der Waals surface area contributed by atoms with Gasteiger partial charge in [-0.25, -0.2) is 0 Å². The lowest BCUT2D eigenvalue weighted by Crippen LogP contribution is -2.30. The molecule has 6 nitrogen and oxygen atoms in total. The van der Waals surface area contributed by atoms with Crippen molar-refractivity contribution in [2.24, 2.45) is 0 Å². The van der Waals surface area contributed by atoms with E-state index in [0.717, 1.165) is 22.0 Å². The van der Waals surface area contributed by atoms with Gasteiger partial charge in [0.05, 0.1) is 22.9 Å². The summed E-state index contributed by atoms with van der Waals surface area (Å²) in [6.45, 7) is 4.41. The Balaban J connectivity index is 1.58. The van der Waals surface area contributed by atoms with Crippen molar-refractivity contribution in [3.63, 3.8) is 0 Å². The molecule has 2 aromatic heterocycles. The monoisotopic (exact) mass is 464 g/mol. The first kappa shape index (κ1) is 22.1. The van der Waals surface area contributed by atoms with Crippen LogP contribution in [0.5, 0.6) is 5.75 Å². The Morgan fingerprint density at radius 2 is 1.91 bits per heavy atom. The Hall–Kier alpha value is -3.10. The summed E-state index contributed by atoms with van der Waals surface area (Å²) >= 11 is 2.97. The molecule has 0 bridgehead atoms. The summed E-state index contributed by atoms with van der Waals surface area (Å²) in [5.41, 5.74) is 3.10. The first-order valence-electron chi connectivity index (χ1n) is 10.2. The van der Waals surface area contributed by atoms with Gasteiger partial charge in [0.25, 0.3) is 0 Å². The number of methoxy groups -OCH3 is 1. The molecule has 0 aliphatic heterocycles. The van der Waals surface area contributed by atoms with Crippen LogP contribution in [0.1, 0.15) is 18.1 Å². The molecule has 2 heterocycles. The van der Waals surface area contributed by atoms with E-state index in [0.29, 0.717) is 17.5 Å². The van der Waals surface area contributed by atoms with Crippen LogP contribution in [-0.4, -0.2) is 33.0 Å². The average Bonchev–Trinajstić information content (AvgIpc) is 3.48. The predicted molar refractivity (Wildman–Crippen MR) is 130 cm³/mol. The second kappa shape index (κ2) is 10.0. The van der Waals surface area contributed by atoms with Crippen LogP contribution in [0.25, 0.3) is 16.4 Å². The lowest BCUT2D eigenvalue weighted by Gasteiger charge is -2.15. The Kier molecular flexibility index (Phi) is 6.92. The molecule has 1 N–H and O–H groups in total. The van der Waals surface area contributed by atoms with Gasteiger partial charge in [0, 0.05) is 6.54 Å². The van der Waals surface area contributed by atoms with Gasteiger partial charge in [0.2, 0.25) is 5.91 Å². The SMILES string of the molecule is COc1ccccc1-n1c(SC(C)C(=O)NCc2ccc(C)cc2)nnc1-c1cccs1. The van der Waals surface area contributed by atoms with E-state index < -0.39 is 0 Å². The van der Waals surface area contributed by atoms with Crippen LogP contribution in [0.2, 0.25) is 0 Å². The maximum Gasteiger partial charge on any atom is 0.233 e. The van der Waals surface area contributed by atoms with Crippen molar-refractivity contribution in [3.8, 4) is 22.1 Å². The van der Waals surface area contributed by atoms with Crippen molar-refractivity contribution in [1.82, 2.24) is 20.1 Å². The van der Waals surface area contributed by atoms with Crippen molar-refractivity contribution in [2.75, 3.05) is 7.11 Å². The number of carbonyl (C=O) groups excluding carboxylic acids is 1. The van der Waals surface area contributed by atoms with Gasteiger partial charge < -0.3 is 10.1 Å². The van der Waals surface area contributed by atoms with E-state index in [4.69, 9.17) is 4.74 Å². The van der Waals surface area contributed by atoms with Crippen LogP contribution in [0.15, 0.2) is 71.2 Å². The third-order valence-corrected chi connectivity index (χ3v) is 6.85. The predicted octanol–water partition coefficient (Wildman–Crippen LogP) is 5.11. The van der Waals surface area contributed by atoms with Crippen LogP contribution in [0, 0.1) is 6.92 Å². The lowest BCUT2D eigenvalue weighted by atomic mass is 10.1. The first-order valence-corrected chi connectivity index (χ1v) is 12.0. The minimum absolute atomic E-state index is 0.0529. The first-order chi connectivity index (χ1) is 15.6. The van der Waals surface area contributed by atoms with E-state index in [1.807, 2.05) is 84.5 Å². The molecule has 1 amide bonds. The highest BCUT2D eigenvalue weighted by atomic mass is 32.2. The van der Waals surface area contributed by atoms with Crippen molar-refractivity contribution in [3.05, 3.63) is 77.2 Å². The summed E-state index contributed by atoms with van der Waals surface area (Å²) in [5.74, 6) is 1.38. The van der Waals surface area contributed by atoms with Crippen LogP contribution >= 0.6 is 23.1 Å². The Morgan fingerprint density at radius 1 is 1.12 bits per heavy atom. The number of thiophene rings is 1. The third kappa shape index (κ3) is 4.87. The van der Waals surface area contributed by atoms with Crippen LogP contribution in [0.4, 0.5) is 0 Å². The van der Waals surface area contributed by atoms with Gasteiger partial charge in [-0.2, -0.15) is 0 Å². The zero-order valence-electron chi connectivity index (χ0n) is 18.1. The number of hydrogen-bond acceptors (Lipinski definition) is 6. The van der Waals surface area contributed by atoms with E-state index in [9.17, 15) is 4.79 Å². The smallest absolute Gasteiger partial charge is 0.233 e. The van der Waals surface area contributed by atoms with Crippen LogP contribution in [0.3, 0.4) is 0 Å². The molecule has 4 rings (SSSR count). The molecular formula is C24H24N4O2S2. The van der Waals surface area contributed by atoms with Crippen molar-refractivity contribution >= 4 is 29.0 Å². The molecule has 32 heavy (non-hydrogen) atoms. The number of amides is 1. The molecule has 8 heteroatoms. The molecule has 0 fully saturated rings. The molecule has 0 spiro atoms. The zero-order chi connectivity index (χ0) is 22.5. The van der Waals surface area contributed by atoms with Gasteiger partial charge >= 0.3 is 0 Å². The van der Waals surface area contributed by atoms with E-state index in [1.54, 1.807) is 18.4 Å². The zero-order valence-corrected chi connectivity index (χ0v) is 19.7. The maximum atomic E-state index is 12.8. The summed E-state index contributed by atoms with van der Waals surface area (Å²) in [6, 6.07) is 19.9. The normalized spacial score (nSPS) is 11.8. The molecule has 164 valence electrons. The quantitative estimate of drug-likeness (QED) is 0.367. The number of nitrogens with one attached hydrogen (secondary N) is 1. The highest BCUT2D eigenvalue weighted by Gasteiger charge is 2.23. The Bertz CT molecular complexity index is 1190. The van der Waals surface area contributed by atoms with Gasteiger partial charge in [0.1, 0.15) is 5.75 Å². The molecule has 1 unspecified atom stereocenters. The lowest BCUT2D eigenvalue weighted by molar-refractivity contribution is -0.120. The largest absolute Gasteiger partial charge is 0.495 e. The number of hydrogen-bond donors (Lipinski definition) is 1. The molecule has 1 atom stereocenters. The number of aryl methyl sites for hydroxylation is 1. The number of benzene rings is 2. The van der Waals surface area contributed by atoms with E-state index >= 15 is 0 Å². The Labute approximate surface area is 195 Å². The number of aromatic nitrogens is 3. The van der Waals surface area contributed by atoms with Crippen molar-refractivity contribution in [1.29, 1.82) is 0 Å². The maximum absolute atomic E-state index is 12.8. The van der Waals surface area contributed by atoms with Gasteiger partial charge in [0.15, 0.2) is 11.0 Å². The Morgan fingerprint density at radius 3 is 2.62 bits per heavy atom. The van der Waals surface area contributed by atoms with Gasteiger partial charge in [-0.3, -0.25) is 9.36 Å². The molecule has 0 saturated heterocycles. The topological polar surface area (TPSA) is 69.0 Å².